The van der Waals surface area contributed by atoms with E-state index in [1.54, 1.807) is 12.5 Å². The van der Waals surface area contributed by atoms with Crippen molar-refractivity contribution in [3.63, 3.8) is 0 Å². The first-order valence-electron chi connectivity index (χ1n) is 5.06. The summed E-state index contributed by atoms with van der Waals surface area (Å²) in [6.07, 6.45) is 5.89. The number of hydrogen-bond donors (Lipinski definition) is 1. The molecule has 1 N–H and O–H groups in total. The lowest BCUT2D eigenvalue weighted by Crippen LogP contribution is -2.30. The van der Waals surface area contributed by atoms with Gasteiger partial charge in [-0.1, -0.05) is 13.8 Å². The topological polar surface area (TPSA) is 25.2 Å². The van der Waals surface area contributed by atoms with Crippen LogP contribution in [0.3, 0.4) is 0 Å². The molecule has 1 heterocycles. The van der Waals surface area contributed by atoms with Crippen LogP contribution in [0.1, 0.15) is 45.2 Å². The van der Waals surface area contributed by atoms with Gasteiger partial charge in [-0.15, -0.1) is 0 Å². The lowest BCUT2D eigenvalue weighted by molar-refractivity contribution is 0.429. The Morgan fingerprint density at radius 2 is 2.08 bits per heavy atom. The molecule has 0 saturated heterocycles. The molecule has 0 aliphatic heterocycles. The van der Waals surface area contributed by atoms with Gasteiger partial charge in [0, 0.05) is 17.6 Å². The van der Waals surface area contributed by atoms with E-state index in [0.717, 1.165) is 0 Å². The largest absolute Gasteiger partial charge is 0.472 e. The summed E-state index contributed by atoms with van der Waals surface area (Å²) in [6, 6.07) is 3.02. The van der Waals surface area contributed by atoms with Gasteiger partial charge < -0.3 is 9.73 Å². The van der Waals surface area contributed by atoms with Crippen molar-refractivity contribution in [3.05, 3.63) is 24.2 Å². The van der Waals surface area contributed by atoms with Crippen LogP contribution in [0.4, 0.5) is 0 Å². The summed E-state index contributed by atoms with van der Waals surface area (Å²) in [5.41, 5.74) is 1.23. The summed E-state index contributed by atoms with van der Waals surface area (Å²) in [6.45, 7) is 6.59. The molecule has 1 atom stereocenters. The Balaban J connectivity index is 2.45. The van der Waals surface area contributed by atoms with Crippen LogP contribution in [-0.4, -0.2) is 6.04 Å². The molecule has 13 heavy (non-hydrogen) atoms. The van der Waals surface area contributed by atoms with E-state index in [1.807, 2.05) is 6.07 Å². The Morgan fingerprint density at radius 1 is 1.38 bits per heavy atom. The summed E-state index contributed by atoms with van der Waals surface area (Å²) >= 11 is 0. The van der Waals surface area contributed by atoms with Crippen LogP contribution in [0.25, 0.3) is 0 Å². The van der Waals surface area contributed by atoms with E-state index in [1.165, 1.54) is 18.4 Å². The van der Waals surface area contributed by atoms with E-state index in [-0.39, 0.29) is 0 Å². The normalized spacial score (nSPS) is 13.5. The molecule has 1 aromatic rings. The van der Waals surface area contributed by atoms with Crippen molar-refractivity contribution in [2.75, 3.05) is 0 Å². The van der Waals surface area contributed by atoms with Gasteiger partial charge in [-0.2, -0.15) is 0 Å². The van der Waals surface area contributed by atoms with Crippen molar-refractivity contribution in [2.24, 2.45) is 0 Å². The van der Waals surface area contributed by atoms with Gasteiger partial charge in [0.15, 0.2) is 0 Å². The van der Waals surface area contributed by atoms with Crippen LogP contribution in [0.5, 0.6) is 0 Å². The minimum atomic E-state index is 0.392. The standard InChI is InChI=1S/C11H19NO/c1-4-11(5-2)12-9(3)10-6-7-13-8-10/h6-9,11-12H,4-5H2,1-3H3. The fourth-order valence-electron chi connectivity index (χ4n) is 1.50. The van der Waals surface area contributed by atoms with Crippen molar-refractivity contribution >= 4 is 0 Å². The molecule has 2 nitrogen and oxygen atoms in total. The highest BCUT2D eigenvalue weighted by Crippen LogP contribution is 2.14. The Morgan fingerprint density at radius 3 is 2.54 bits per heavy atom. The highest BCUT2D eigenvalue weighted by molar-refractivity contribution is 5.10. The van der Waals surface area contributed by atoms with Crippen LogP contribution >= 0.6 is 0 Å². The molecule has 1 unspecified atom stereocenters. The Kier molecular flexibility index (Phi) is 4.03. The summed E-state index contributed by atoms with van der Waals surface area (Å²) in [4.78, 5) is 0. The van der Waals surface area contributed by atoms with E-state index in [9.17, 15) is 0 Å². The van der Waals surface area contributed by atoms with Gasteiger partial charge in [0.1, 0.15) is 0 Å². The van der Waals surface area contributed by atoms with E-state index in [4.69, 9.17) is 4.42 Å². The molecule has 0 aliphatic carbocycles. The third kappa shape index (κ3) is 2.88. The summed E-state index contributed by atoms with van der Waals surface area (Å²) < 4.78 is 5.04. The predicted octanol–water partition coefficient (Wildman–Crippen LogP) is 3.12. The van der Waals surface area contributed by atoms with Crippen LogP contribution in [0.2, 0.25) is 0 Å². The first-order chi connectivity index (χ1) is 6.27. The van der Waals surface area contributed by atoms with Gasteiger partial charge in [0.2, 0.25) is 0 Å². The monoisotopic (exact) mass is 181 g/mol. The number of rotatable bonds is 5. The molecule has 0 amide bonds. The smallest absolute Gasteiger partial charge is 0.0950 e. The lowest BCUT2D eigenvalue weighted by atomic mass is 10.1. The molecular formula is C11H19NO. The maximum atomic E-state index is 5.04. The second kappa shape index (κ2) is 5.07. The molecule has 1 aromatic heterocycles. The fourth-order valence-corrected chi connectivity index (χ4v) is 1.50. The van der Waals surface area contributed by atoms with Gasteiger partial charge in [-0.05, 0) is 25.8 Å². The molecule has 74 valence electrons. The Bertz CT molecular complexity index is 214. The van der Waals surface area contributed by atoms with Crippen molar-refractivity contribution in [1.82, 2.24) is 5.32 Å². The first kappa shape index (κ1) is 10.3. The van der Waals surface area contributed by atoms with Crippen molar-refractivity contribution < 1.29 is 4.42 Å². The molecular weight excluding hydrogens is 162 g/mol. The Hall–Kier alpha value is -0.760. The van der Waals surface area contributed by atoms with Crippen LogP contribution < -0.4 is 5.32 Å². The fraction of sp³-hybridized carbons (Fsp3) is 0.636. The highest BCUT2D eigenvalue weighted by Gasteiger charge is 2.10. The Labute approximate surface area is 80.3 Å². The lowest BCUT2D eigenvalue weighted by Gasteiger charge is -2.19. The zero-order valence-electron chi connectivity index (χ0n) is 8.71. The molecule has 1 rings (SSSR count). The molecule has 0 radical (unpaired) electrons. The van der Waals surface area contributed by atoms with E-state index in [0.29, 0.717) is 12.1 Å². The summed E-state index contributed by atoms with van der Waals surface area (Å²) in [5, 5.41) is 3.56. The van der Waals surface area contributed by atoms with Crippen LogP contribution in [-0.2, 0) is 0 Å². The quantitative estimate of drug-likeness (QED) is 0.755. The van der Waals surface area contributed by atoms with Gasteiger partial charge in [-0.25, -0.2) is 0 Å². The number of furan rings is 1. The van der Waals surface area contributed by atoms with E-state index < -0.39 is 0 Å². The zero-order valence-corrected chi connectivity index (χ0v) is 8.71. The van der Waals surface area contributed by atoms with Crippen molar-refractivity contribution in [3.8, 4) is 0 Å². The molecule has 2 heteroatoms. The minimum Gasteiger partial charge on any atom is -0.472 e. The maximum absolute atomic E-state index is 5.04. The third-order valence-corrected chi connectivity index (χ3v) is 2.51. The first-order valence-corrected chi connectivity index (χ1v) is 5.06. The molecule has 0 saturated carbocycles. The zero-order chi connectivity index (χ0) is 9.68. The average molecular weight is 181 g/mol. The molecule has 0 aromatic carbocycles. The van der Waals surface area contributed by atoms with Crippen molar-refractivity contribution in [1.29, 1.82) is 0 Å². The third-order valence-electron chi connectivity index (χ3n) is 2.51. The van der Waals surface area contributed by atoms with E-state index in [2.05, 4.69) is 26.1 Å². The summed E-state index contributed by atoms with van der Waals surface area (Å²) in [7, 11) is 0. The average Bonchev–Trinajstić information content (AvgIpc) is 2.66. The van der Waals surface area contributed by atoms with Gasteiger partial charge in [0.05, 0.1) is 12.5 Å². The predicted molar refractivity (Wildman–Crippen MR) is 54.6 cm³/mol. The second-order valence-electron chi connectivity index (χ2n) is 3.46. The number of hydrogen-bond acceptors (Lipinski definition) is 2. The molecule has 0 bridgehead atoms. The van der Waals surface area contributed by atoms with Crippen molar-refractivity contribution in [2.45, 2.75) is 45.7 Å². The second-order valence-corrected chi connectivity index (χ2v) is 3.46. The SMILES string of the molecule is CCC(CC)NC(C)c1ccoc1. The maximum Gasteiger partial charge on any atom is 0.0950 e. The molecule has 0 fully saturated rings. The van der Waals surface area contributed by atoms with E-state index >= 15 is 0 Å². The van der Waals surface area contributed by atoms with Gasteiger partial charge in [-0.3, -0.25) is 0 Å². The van der Waals surface area contributed by atoms with Gasteiger partial charge >= 0.3 is 0 Å². The summed E-state index contributed by atoms with van der Waals surface area (Å²) in [5.74, 6) is 0. The molecule has 0 spiro atoms. The number of nitrogens with one attached hydrogen (secondary N) is 1. The highest BCUT2D eigenvalue weighted by atomic mass is 16.3. The minimum absolute atomic E-state index is 0.392. The van der Waals surface area contributed by atoms with Crippen LogP contribution in [0, 0.1) is 0 Å². The molecule has 0 aliphatic rings. The van der Waals surface area contributed by atoms with Crippen LogP contribution in [0.15, 0.2) is 23.0 Å². The van der Waals surface area contributed by atoms with Gasteiger partial charge in [0.25, 0.3) is 0 Å².